The van der Waals surface area contributed by atoms with Crippen molar-refractivity contribution in [3.63, 3.8) is 0 Å². The average Bonchev–Trinajstić information content (AvgIpc) is 3.56. The number of H-pyrrole nitrogens is 1. The van der Waals surface area contributed by atoms with Crippen LogP contribution < -0.4 is 10.6 Å². The van der Waals surface area contributed by atoms with Gasteiger partial charge < -0.3 is 25.4 Å². The van der Waals surface area contributed by atoms with E-state index in [-0.39, 0.29) is 35.2 Å². The van der Waals surface area contributed by atoms with Crippen LogP contribution in [0.1, 0.15) is 74.0 Å². The molecule has 2 heterocycles. The van der Waals surface area contributed by atoms with Gasteiger partial charge in [-0.1, -0.05) is 61.7 Å². The molecule has 8 nitrogen and oxygen atoms in total. The highest BCUT2D eigenvalue weighted by atomic mass is 16.2. The summed E-state index contributed by atoms with van der Waals surface area (Å²) in [6.07, 6.45) is 10.2. The van der Waals surface area contributed by atoms with Crippen LogP contribution in [0.25, 0.3) is 10.9 Å². The van der Waals surface area contributed by atoms with Crippen molar-refractivity contribution >= 4 is 28.7 Å². The van der Waals surface area contributed by atoms with Gasteiger partial charge in [-0.15, -0.1) is 0 Å². The molecular weight excluding hydrogens is 526 g/mol. The zero-order chi connectivity index (χ0) is 29.3. The third kappa shape index (κ3) is 5.51. The van der Waals surface area contributed by atoms with Crippen LogP contribution in [0.3, 0.4) is 0 Å². The first-order chi connectivity index (χ1) is 20.3. The van der Waals surface area contributed by atoms with Gasteiger partial charge in [0.15, 0.2) is 0 Å². The van der Waals surface area contributed by atoms with Gasteiger partial charge in [-0.2, -0.15) is 0 Å². The minimum absolute atomic E-state index is 0.0406. The number of nitrogens with zero attached hydrogens (tertiary/aromatic N) is 2. The second-order valence-electron chi connectivity index (χ2n) is 12.8. The van der Waals surface area contributed by atoms with Gasteiger partial charge in [0.1, 0.15) is 6.04 Å². The molecule has 2 aliphatic carbocycles. The van der Waals surface area contributed by atoms with Gasteiger partial charge in [0.05, 0.1) is 5.92 Å². The summed E-state index contributed by atoms with van der Waals surface area (Å²) < 4.78 is 0. The molecule has 0 bridgehead atoms. The molecule has 0 radical (unpaired) electrons. The Balaban J connectivity index is 1.19. The largest absolute Gasteiger partial charge is 0.361 e. The van der Waals surface area contributed by atoms with Crippen LogP contribution in [0.5, 0.6) is 0 Å². The molecule has 222 valence electrons. The van der Waals surface area contributed by atoms with Crippen molar-refractivity contribution in [2.45, 2.75) is 81.2 Å². The number of likely N-dealkylation sites (tertiary alicyclic amines) is 1. The van der Waals surface area contributed by atoms with E-state index in [2.05, 4.69) is 39.9 Å². The van der Waals surface area contributed by atoms with Gasteiger partial charge in [-0.25, -0.2) is 4.79 Å². The average molecular weight is 570 g/mol. The summed E-state index contributed by atoms with van der Waals surface area (Å²) in [5.41, 5.74) is 4.32. The quantitative estimate of drug-likeness (QED) is 0.396. The molecule has 42 heavy (non-hydrogen) atoms. The van der Waals surface area contributed by atoms with Crippen molar-refractivity contribution in [1.82, 2.24) is 25.4 Å². The fourth-order valence-corrected chi connectivity index (χ4v) is 7.63. The number of fused-ring (bicyclic) bond motifs is 3. The van der Waals surface area contributed by atoms with Crippen molar-refractivity contribution in [3.8, 4) is 0 Å². The number of benzene rings is 2. The first kappa shape index (κ1) is 28.3. The van der Waals surface area contributed by atoms with Crippen molar-refractivity contribution < 1.29 is 14.4 Å². The topological polar surface area (TPSA) is 97.5 Å². The Morgan fingerprint density at radius 3 is 2.48 bits per heavy atom. The molecule has 1 aliphatic heterocycles. The minimum atomic E-state index is -0.666. The van der Waals surface area contributed by atoms with Crippen LogP contribution in [0.4, 0.5) is 4.79 Å². The van der Waals surface area contributed by atoms with Crippen LogP contribution in [-0.4, -0.2) is 71.9 Å². The summed E-state index contributed by atoms with van der Waals surface area (Å²) in [6.45, 7) is 1.21. The van der Waals surface area contributed by atoms with Crippen molar-refractivity contribution in [3.05, 3.63) is 71.4 Å². The zero-order valence-electron chi connectivity index (χ0n) is 24.8. The van der Waals surface area contributed by atoms with Crippen LogP contribution in [0.15, 0.2) is 54.7 Å². The molecule has 4 amide bonds. The van der Waals surface area contributed by atoms with Crippen LogP contribution >= 0.6 is 0 Å². The normalized spacial score (nSPS) is 20.7. The molecule has 1 saturated heterocycles. The van der Waals surface area contributed by atoms with E-state index in [9.17, 15) is 14.4 Å². The zero-order valence-corrected chi connectivity index (χ0v) is 24.8. The third-order valence-corrected chi connectivity index (χ3v) is 9.92. The SMILES string of the molecule is CN(C)C(=O)C1CC2(CCN(C(=O)C(Cc3c[nH]c4ccccc34)NC(=O)NC3CCCCC3)CC2)c2ccccc21. The molecule has 6 rings (SSSR count). The molecule has 3 aromatic rings. The fraction of sp³-hybridized carbons (Fsp3) is 0.500. The maximum absolute atomic E-state index is 14.1. The fourth-order valence-electron chi connectivity index (χ4n) is 7.63. The minimum Gasteiger partial charge on any atom is -0.361 e. The lowest BCUT2D eigenvalue weighted by Crippen LogP contribution is -2.56. The first-order valence-electron chi connectivity index (χ1n) is 15.6. The lowest BCUT2D eigenvalue weighted by molar-refractivity contribution is -0.135. The van der Waals surface area contributed by atoms with E-state index in [0.717, 1.165) is 67.0 Å². The van der Waals surface area contributed by atoms with E-state index < -0.39 is 6.04 Å². The predicted octanol–water partition coefficient (Wildman–Crippen LogP) is 4.85. The maximum atomic E-state index is 14.1. The van der Waals surface area contributed by atoms with Crippen LogP contribution in [0.2, 0.25) is 0 Å². The van der Waals surface area contributed by atoms with Gasteiger partial charge in [-0.3, -0.25) is 9.59 Å². The second-order valence-corrected chi connectivity index (χ2v) is 12.8. The molecule has 8 heteroatoms. The van der Waals surface area contributed by atoms with Gasteiger partial charge >= 0.3 is 6.03 Å². The monoisotopic (exact) mass is 569 g/mol. The number of nitrogens with one attached hydrogen (secondary N) is 3. The highest BCUT2D eigenvalue weighted by Crippen LogP contribution is 2.52. The number of amides is 4. The predicted molar refractivity (Wildman–Crippen MR) is 164 cm³/mol. The standard InChI is InChI=1S/C34H43N5O3/c1-38(2)31(40)27-21-34(28-14-8-6-13-26(27)28)16-18-39(19-17-34)32(41)30(37-33(42)36-24-10-4-3-5-11-24)20-23-22-35-29-15-9-7-12-25(23)29/h6-9,12-15,22,24,27,30,35H,3-5,10-11,16-21H2,1-2H3,(H2,36,37,42). The molecule has 2 unspecified atom stereocenters. The molecule has 2 aromatic carbocycles. The van der Waals surface area contributed by atoms with Gasteiger partial charge in [0.25, 0.3) is 0 Å². The number of likely N-dealkylation sites (N-methyl/N-ethyl adjacent to an activating group) is 1. The summed E-state index contributed by atoms with van der Waals surface area (Å²) in [7, 11) is 3.64. The van der Waals surface area contributed by atoms with Gasteiger partial charge in [-0.05, 0) is 54.9 Å². The molecule has 2 fully saturated rings. The van der Waals surface area contributed by atoms with Crippen molar-refractivity contribution in [2.24, 2.45) is 0 Å². The number of urea groups is 1. The number of hydrogen-bond donors (Lipinski definition) is 3. The molecule has 1 saturated carbocycles. The Bertz CT molecular complexity index is 1450. The number of carbonyl (C=O) groups is 3. The Kier molecular flexibility index (Phi) is 7.97. The number of aromatic nitrogens is 1. The number of rotatable bonds is 6. The van der Waals surface area contributed by atoms with E-state index in [1.54, 1.807) is 4.90 Å². The van der Waals surface area contributed by atoms with E-state index in [1.807, 2.05) is 49.5 Å². The van der Waals surface area contributed by atoms with Crippen LogP contribution in [-0.2, 0) is 21.4 Å². The lowest BCUT2D eigenvalue weighted by atomic mass is 9.73. The summed E-state index contributed by atoms with van der Waals surface area (Å²) in [6, 6.07) is 15.7. The van der Waals surface area contributed by atoms with Crippen molar-refractivity contribution in [2.75, 3.05) is 27.2 Å². The smallest absolute Gasteiger partial charge is 0.315 e. The maximum Gasteiger partial charge on any atom is 0.315 e. The molecular formula is C34H43N5O3. The molecule has 3 N–H and O–H groups in total. The number of para-hydroxylation sites is 1. The van der Waals surface area contributed by atoms with E-state index in [4.69, 9.17) is 0 Å². The first-order valence-corrected chi connectivity index (χ1v) is 15.6. The summed E-state index contributed by atoms with van der Waals surface area (Å²) in [4.78, 5) is 47.3. The van der Waals surface area contributed by atoms with E-state index in [1.165, 1.54) is 12.0 Å². The summed E-state index contributed by atoms with van der Waals surface area (Å²) >= 11 is 0. The number of aromatic amines is 1. The molecule has 2 atom stereocenters. The number of carbonyl (C=O) groups excluding carboxylic acids is 3. The van der Waals surface area contributed by atoms with Crippen molar-refractivity contribution in [1.29, 1.82) is 0 Å². The van der Waals surface area contributed by atoms with Gasteiger partial charge in [0, 0.05) is 62.2 Å². The Morgan fingerprint density at radius 2 is 1.71 bits per heavy atom. The van der Waals surface area contributed by atoms with Gasteiger partial charge in [0.2, 0.25) is 11.8 Å². The second kappa shape index (κ2) is 11.8. The Labute approximate surface area is 248 Å². The summed E-state index contributed by atoms with van der Waals surface area (Å²) in [5.74, 6) is -0.0378. The number of piperidine rings is 1. The van der Waals surface area contributed by atoms with Crippen LogP contribution in [0, 0.1) is 0 Å². The summed E-state index contributed by atoms with van der Waals surface area (Å²) in [5, 5.41) is 7.28. The van der Waals surface area contributed by atoms with E-state index in [0.29, 0.717) is 19.5 Å². The Morgan fingerprint density at radius 1 is 1.00 bits per heavy atom. The molecule has 1 spiro atoms. The molecule has 3 aliphatic rings. The van der Waals surface area contributed by atoms with E-state index >= 15 is 0 Å². The lowest BCUT2D eigenvalue weighted by Gasteiger charge is -2.41. The third-order valence-electron chi connectivity index (χ3n) is 9.92. The highest BCUT2D eigenvalue weighted by molar-refractivity contribution is 5.90. The highest BCUT2D eigenvalue weighted by Gasteiger charge is 2.48. The Hall–Kier alpha value is -3.81. The molecule has 1 aromatic heterocycles. The number of hydrogen-bond acceptors (Lipinski definition) is 3.